The molecule has 2 aliphatic rings. The van der Waals surface area contributed by atoms with E-state index in [1.54, 1.807) is 24.0 Å². The van der Waals surface area contributed by atoms with E-state index in [1.807, 2.05) is 19.1 Å². The summed E-state index contributed by atoms with van der Waals surface area (Å²) in [6.45, 7) is 3.85. The maximum Gasteiger partial charge on any atom is 0.325 e. The van der Waals surface area contributed by atoms with Crippen molar-refractivity contribution in [2.24, 2.45) is 0 Å². The molecule has 1 N–H and O–H groups in total. The third-order valence-corrected chi connectivity index (χ3v) is 5.69. The van der Waals surface area contributed by atoms with Crippen molar-refractivity contribution >= 4 is 33.8 Å². The second-order valence-corrected chi connectivity index (χ2v) is 7.95. The normalized spacial score (nSPS) is 22.5. The fourth-order valence-electron chi connectivity index (χ4n) is 3.66. The maximum absolute atomic E-state index is 13.0. The summed E-state index contributed by atoms with van der Waals surface area (Å²) in [7, 11) is 0. The minimum absolute atomic E-state index is 0.229. The average Bonchev–Trinajstić information content (AvgIpc) is 2.87. The summed E-state index contributed by atoms with van der Waals surface area (Å²) in [5.74, 6) is -0.639. The molecule has 1 aromatic carbocycles. The highest BCUT2D eigenvalue weighted by atomic mass is 79.9. The fourth-order valence-corrected chi connectivity index (χ4v) is 4.06. The summed E-state index contributed by atoms with van der Waals surface area (Å²) in [5.41, 5.74) is 0.491. The number of rotatable bonds is 5. The van der Waals surface area contributed by atoms with Crippen molar-refractivity contribution in [3.05, 3.63) is 46.1 Å². The molecule has 1 unspecified atom stereocenters. The molecule has 0 radical (unpaired) electrons. The van der Waals surface area contributed by atoms with Crippen LogP contribution in [0.25, 0.3) is 0 Å². The number of imide groups is 1. The Bertz CT molecular complexity index is 807. The van der Waals surface area contributed by atoms with Crippen molar-refractivity contribution < 1.29 is 14.4 Å². The highest BCUT2D eigenvalue weighted by molar-refractivity contribution is 9.10. The first kappa shape index (κ1) is 19.6. The summed E-state index contributed by atoms with van der Waals surface area (Å²) in [5, 5.41) is 2.75. The van der Waals surface area contributed by atoms with Crippen molar-refractivity contribution in [1.82, 2.24) is 15.1 Å². The lowest BCUT2D eigenvalue weighted by molar-refractivity contribution is -0.138. The fraction of sp³-hybridized carbons (Fsp3) is 0.450. The quantitative estimate of drug-likeness (QED) is 0.721. The van der Waals surface area contributed by atoms with Gasteiger partial charge in [-0.15, -0.1) is 0 Å². The summed E-state index contributed by atoms with van der Waals surface area (Å²) < 4.78 is 0.819. The molecule has 1 saturated heterocycles. The number of urea groups is 1. The smallest absolute Gasteiger partial charge is 0.319 e. The Balaban J connectivity index is 1.79. The van der Waals surface area contributed by atoms with Gasteiger partial charge < -0.3 is 10.2 Å². The molecular formula is C20H24BrN3O3. The van der Waals surface area contributed by atoms with Crippen molar-refractivity contribution in [2.75, 3.05) is 13.1 Å². The Kier molecular flexibility index (Phi) is 5.69. The van der Waals surface area contributed by atoms with E-state index in [2.05, 4.69) is 27.3 Å². The minimum atomic E-state index is -1.18. The lowest BCUT2D eigenvalue weighted by Gasteiger charge is -2.28. The van der Waals surface area contributed by atoms with Crippen LogP contribution in [0.5, 0.6) is 0 Å². The molecule has 144 valence electrons. The highest BCUT2D eigenvalue weighted by Crippen LogP contribution is 2.30. The van der Waals surface area contributed by atoms with Crippen LogP contribution in [-0.2, 0) is 15.1 Å². The maximum atomic E-state index is 13.0. The molecule has 6 nitrogen and oxygen atoms in total. The first-order valence-corrected chi connectivity index (χ1v) is 10.1. The van der Waals surface area contributed by atoms with Gasteiger partial charge in [0, 0.05) is 16.7 Å². The van der Waals surface area contributed by atoms with Gasteiger partial charge >= 0.3 is 6.03 Å². The molecule has 27 heavy (non-hydrogen) atoms. The van der Waals surface area contributed by atoms with Crippen LogP contribution in [0.2, 0.25) is 0 Å². The Labute approximate surface area is 167 Å². The standard InChI is InChI=1S/C20H24BrN3O3/c1-3-23(16-10-5-4-6-11-16)17(25)13-24-18(26)20(2,22-19(24)27)14-8-7-9-15(21)12-14/h7-10,12H,3-6,11,13H2,1-2H3,(H,22,27). The number of hydrogen-bond acceptors (Lipinski definition) is 3. The van der Waals surface area contributed by atoms with Crippen molar-refractivity contribution in [1.29, 1.82) is 0 Å². The predicted octanol–water partition coefficient (Wildman–Crippen LogP) is 3.52. The summed E-state index contributed by atoms with van der Waals surface area (Å²) in [6.07, 6.45) is 6.09. The van der Waals surface area contributed by atoms with Crippen LogP contribution in [0.1, 0.15) is 45.1 Å². The molecule has 4 amide bonds. The number of likely N-dealkylation sites (N-methyl/N-ethyl adjacent to an activating group) is 1. The molecule has 1 aliphatic carbocycles. The zero-order chi connectivity index (χ0) is 19.6. The van der Waals surface area contributed by atoms with Crippen LogP contribution in [-0.4, -0.2) is 40.7 Å². The zero-order valence-corrected chi connectivity index (χ0v) is 17.2. The Morgan fingerprint density at radius 1 is 1.33 bits per heavy atom. The van der Waals surface area contributed by atoms with Gasteiger partial charge in [0.15, 0.2) is 0 Å². The minimum Gasteiger partial charge on any atom is -0.319 e. The molecule has 0 spiro atoms. The number of carbonyl (C=O) groups is 3. The van der Waals surface area contributed by atoms with Gasteiger partial charge in [0.05, 0.1) is 0 Å². The third kappa shape index (κ3) is 3.78. The molecule has 1 fully saturated rings. The van der Waals surface area contributed by atoms with Crippen LogP contribution in [0.3, 0.4) is 0 Å². The number of benzene rings is 1. The molecular weight excluding hydrogens is 410 g/mol. The summed E-state index contributed by atoms with van der Waals surface area (Å²) in [4.78, 5) is 41.0. The Hall–Kier alpha value is -2.15. The molecule has 1 aliphatic heterocycles. The van der Waals surface area contributed by atoms with E-state index >= 15 is 0 Å². The Morgan fingerprint density at radius 3 is 2.74 bits per heavy atom. The molecule has 1 aromatic rings. The summed E-state index contributed by atoms with van der Waals surface area (Å²) in [6, 6.07) is 6.72. The molecule has 0 aromatic heterocycles. The molecule has 0 bridgehead atoms. The second-order valence-electron chi connectivity index (χ2n) is 7.04. The predicted molar refractivity (Wildman–Crippen MR) is 106 cm³/mol. The number of amides is 4. The van der Waals surface area contributed by atoms with Gasteiger partial charge in [0.1, 0.15) is 12.1 Å². The van der Waals surface area contributed by atoms with Crippen LogP contribution in [0, 0.1) is 0 Å². The van der Waals surface area contributed by atoms with Gasteiger partial charge in [-0.3, -0.25) is 14.5 Å². The van der Waals surface area contributed by atoms with Gasteiger partial charge in [0.2, 0.25) is 5.91 Å². The number of halogens is 1. The first-order valence-electron chi connectivity index (χ1n) is 9.26. The largest absolute Gasteiger partial charge is 0.325 e. The lowest BCUT2D eigenvalue weighted by atomic mass is 9.92. The van der Waals surface area contributed by atoms with Gasteiger partial charge in [-0.05, 0) is 57.2 Å². The molecule has 0 saturated carbocycles. The van der Waals surface area contributed by atoms with E-state index < -0.39 is 17.5 Å². The SMILES string of the molecule is CCN(C(=O)CN1C(=O)NC(C)(c2cccc(Br)c2)C1=O)C1=CCCCC1. The van der Waals surface area contributed by atoms with E-state index in [4.69, 9.17) is 0 Å². The number of hydrogen-bond donors (Lipinski definition) is 1. The first-order chi connectivity index (χ1) is 12.9. The van der Waals surface area contributed by atoms with Crippen molar-refractivity contribution in [3.8, 4) is 0 Å². The van der Waals surface area contributed by atoms with E-state index in [0.29, 0.717) is 12.1 Å². The number of allylic oxidation sites excluding steroid dienone is 2. The van der Waals surface area contributed by atoms with E-state index in [-0.39, 0.29) is 12.5 Å². The highest BCUT2D eigenvalue weighted by Gasteiger charge is 2.49. The van der Waals surface area contributed by atoms with Crippen molar-refractivity contribution in [2.45, 2.75) is 45.1 Å². The van der Waals surface area contributed by atoms with E-state index in [0.717, 1.165) is 40.8 Å². The van der Waals surface area contributed by atoms with Crippen LogP contribution < -0.4 is 5.32 Å². The number of nitrogens with one attached hydrogen (secondary N) is 1. The van der Waals surface area contributed by atoms with E-state index in [1.165, 1.54) is 0 Å². The molecule has 7 heteroatoms. The third-order valence-electron chi connectivity index (χ3n) is 5.20. The number of nitrogens with zero attached hydrogens (tertiary/aromatic N) is 2. The topological polar surface area (TPSA) is 69.7 Å². The van der Waals surface area contributed by atoms with Gasteiger partial charge in [0.25, 0.3) is 5.91 Å². The summed E-state index contributed by atoms with van der Waals surface area (Å²) >= 11 is 3.39. The monoisotopic (exact) mass is 433 g/mol. The van der Waals surface area contributed by atoms with Gasteiger partial charge in [-0.2, -0.15) is 0 Å². The Morgan fingerprint density at radius 2 is 2.11 bits per heavy atom. The molecule has 1 heterocycles. The van der Waals surface area contributed by atoms with Crippen LogP contribution in [0.15, 0.2) is 40.5 Å². The van der Waals surface area contributed by atoms with E-state index in [9.17, 15) is 14.4 Å². The molecule has 1 atom stereocenters. The second kappa shape index (κ2) is 7.84. The average molecular weight is 434 g/mol. The zero-order valence-electron chi connectivity index (χ0n) is 15.6. The van der Waals surface area contributed by atoms with Crippen LogP contribution >= 0.6 is 15.9 Å². The van der Waals surface area contributed by atoms with Gasteiger partial charge in [-0.1, -0.05) is 34.1 Å². The van der Waals surface area contributed by atoms with Gasteiger partial charge in [-0.25, -0.2) is 4.79 Å². The van der Waals surface area contributed by atoms with Crippen molar-refractivity contribution in [3.63, 3.8) is 0 Å². The molecule has 3 rings (SSSR count). The van der Waals surface area contributed by atoms with Crippen LogP contribution in [0.4, 0.5) is 4.79 Å². The number of carbonyl (C=O) groups excluding carboxylic acids is 3. The lowest BCUT2D eigenvalue weighted by Crippen LogP contribution is -2.44.